The summed E-state index contributed by atoms with van der Waals surface area (Å²) in [5, 5.41) is 5.57. The lowest BCUT2D eigenvalue weighted by Gasteiger charge is -2.36. The Labute approximate surface area is 141 Å². The molecule has 0 atom stereocenters. The summed E-state index contributed by atoms with van der Waals surface area (Å²) in [4.78, 5) is 4.70. The van der Waals surface area contributed by atoms with E-state index in [-0.39, 0.29) is 0 Å². The molecule has 0 radical (unpaired) electrons. The molecule has 1 aliphatic carbocycles. The zero-order valence-corrected chi connectivity index (χ0v) is 14.1. The van der Waals surface area contributed by atoms with Gasteiger partial charge in [0.2, 0.25) is 0 Å². The van der Waals surface area contributed by atoms with Crippen LogP contribution in [0.3, 0.4) is 0 Å². The molecule has 0 spiro atoms. The van der Waals surface area contributed by atoms with E-state index >= 15 is 0 Å². The minimum atomic E-state index is 0.613. The Kier molecular flexibility index (Phi) is 4.89. The highest BCUT2D eigenvalue weighted by Crippen LogP contribution is 2.23. The number of nitrogens with one attached hydrogen (secondary N) is 1. The van der Waals surface area contributed by atoms with Crippen molar-refractivity contribution in [3.05, 3.63) is 33.8 Å². The summed E-state index contributed by atoms with van der Waals surface area (Å²) in [6.45, 7) is 4.92. The Balaban J connectivity index is 1.48. The average Bonchev–Trinajstić information content (AvgIpc) is 3.28. The van der Waals surface area contributed by atoms with Gasteiger partial charge in [-0.2, -0.15) is 0 Å². The number of halogens is 2. The van der Waals surface area contributed by atoms with Crippen LogP contribution in [-0.2, 0) is 6.54 Å². The van der Waals surface area contributed by atoms with E-state index in [9.17, 15) is 0 Å². The maximum absolute atomic E-state index is 6.07. The lowest BCUT2D eigenvalue weighted by Crippen LogP contribution is -2.51. The van der Waals surface area contributed by atoms with Crippen molar-refractivity contribution in [1.82, 2.24) is 15.1 Å². The summed E-state index contributed by atoms with van der Waals surface area (Å²) in [5.74, 6) is 0. The molecular weight excluding hydrogens is 325 g/mol. The van der Waals surface area contributed by atoms with Crippen LogP contribution < -0.4 is 5.32 Å². The van der Waals surface area contributed by atoms with E-state index in [0.717, 1.165) is 37.8 Å². The average molecular weight is 344 g/mol. The second-order valence-corrected chi connectivity index (χ2v) is 6.94. The standard InChI is InChI=1S/C15H19Cl2N3S/c16-13-4-1-11(9-14(13)17)10-19-5-7-20(8-6-19)15(21)18-12-2-3-12/h1,4,9,12H,2-3,5-8,10H2,(H,18,21). The minimum absolute atomic E-state index is 0.613. The molecule has 21 heavy (non-hydrogen) atoms. The molecule has 3 rings (SSSR count). The highest BCUT2D eigenvalue weighted by atomic mass is 35.5. The molecule has 1 aromatic rings. The van der Waals surface area contributed by atoms with Gasteiger partial charge in [-0.1, -0.05) is 29.3 Å². The van der Waals surface area contributed by atoms with E-state index < -0.39 is 0 Å². The topological polar surface area (TPSA) is 18.5 Å². The van der Waals surface area contributed by atoms with Gasteiger partial charge in [0.05, 0.1) is 10.0 Å². The van der Waals surface area contributed by atoms with Gasteiger partial charge in [0, 0.05) is 38.8 Å². The first-order valence-corrected chi connectivity index (χ1v) is 8.50. The molecule has 1 heterocycles. The molecule has 3 nitrogen and oxygen atoms in total. The van der Waals surface area contributed by atoms with Gasteiger partial charge in [0.15, 0.2) is 5.11 Å². The molecule has 6 heteroatoms. The summed E-state index contributed by atoms with van der Waals surface area (Å²) < 4.78 is 0. The van der Waals surface area contributed by atoms with Crippen LogP contribution in [0.15, 0.2) is 18.2 Å². The van der Waals surface area contributed by atoms with Crippen molar-refractivity contribution in [2.75, 3.05) is 26.2 Å². The normalized spacial score (nSPS) is 19.6. The lowest BCUT2D eigenvalue weighted by atomic mass is 10.2. The van der Waals surface area contributed by atoms with Gasteiger partial charge in [0.25, 0.3) is 0 Å². The molecule has 2 aliphatic rings. The molecule has 1 N–H and O–H groups in total. The number of nitrogens with zero attached hydrogens (tertiary/aromatic N) is 2. The predicted molar refractivity (Wildman–Crippen MR) is 92.1 cm³/mol. The highest BCUT2D eigenvalue weighted by molar-refractivity contribution is 7.80. The van der Waals surface area contributed by atoms with Gasteiger partial charge in [-0.05, 0) is 42.8 Å². The Bertz CT molecular complexity index is 526. The summed E-state index contributed by atoms with van der Waals surface area (Å²) in [6.07, 6.45) is 2.52. The van der Waals surface area contributed by atoms with Crippen LogP contribution in [0.1, 0.15) is 18.4 Å². The summed E-state index contributed by atoms with van der Waals surface area (Å²) in [6, 6.07) is 6.49. The SMILES string of the molecule is S=C(NC1CC1)N1CCN(Cc2ccc(Cl)c(Cl)c2)CC1. The van der Waals surface area contributed by atoms with Crippen molar-refractivity contribution in [3.8, 4) is 0 Å². The Morgan fingerprint density at radius 1 is 1.14 bits per heavy atom. The van der Waals surface area contributed by atoms with Crippen molar-refractivity contribution < 1.29 is 0 Å². The largest absolute Gasteiger partial charge is 0.360 e. The first-order valence-electron chi connectivity index (χ1n) is 7.33. The first-order chi connectivity index (χ1) is 10.1. The van der Waals surface area contributed by atoms with Crippen LogP contribution in [0.2, 0.25) is 10.0 Å². The third kappa shape index (κ3) is 4.22. The van der Waals surface area contributed by atoms with E-state index in [1.54, 1.807) is 0 Å². The van der Waals surface area contributed by atoms with Crippen molar-refractivity contribution in [2.45, 2.75) is 25.4 Å². The quantitative estimate of drug-likeness (QED) is 0.849. The van der Waals surface area contributed by atoms with Gasteiger partial charge >= 0.3 is 0 Å². The van der Waals surface area contributed by atoms with Crippen molar-refractivity contribution in [1.29, 1.82) is 0 Å². The number of hydrogen-bond donors (Lipinski definition) is 1. The van der Waals surface area contributed by atoms with E-state index in [4.69, 9.17) is 35.4 Å². The predicted octanol–water partition coefficient (Wildman–Crippen LogP) is 3.15. The number of benzene rings is 1. The molecule has 1 saturated heterocycles. The van der Waals surface area contributed by atoms with Crippen LogP contribution in [0.25, 0.3) is 0 Å². The summed E-state index contributed by atoms with van der Waals surface area (Å²) in [7, 11) is 0. The molecule has 114 valence electrons. The summed E-state index contributed by atoms with van der Waals surface area (Å²) in [5.41, 5.74) is 1.21. The van der Waals surface area contributed by atoms with Crippen molar-refractivity contribution in [3.63, 3.8) is 0 Å². The van der Waals surface area contributed by atoms with Gasteiger partial charge in [-0.25, -0.2) is 0 Å². The van der Waals surface area contributed by atoms with Gasteiger partial charge in [-0.3, -0.25) is 4.90 Å². The molecule has 1 saturated carbocycles. The van der Waals surface area contributed by atoms with Crippen LogP contribution in [0.4, 0.5) is 0 Å². The van der Waals surface area contributed by atoms with Crippen LogP contribution >= 0.6 is 35.4 Å². The molecule has 1 aliphatic heterocycles. The Morgan fingerprint density at radius 3 is 2.48 bits per heavy atom. The number of thiocarbonyl (C=S) groups is 1. The fourth-order valence-electron chi connectivity index (χ4n) is 2.50. The molecule has 0 bridgehead atoms. The van der Waals surface area contributed by atoms with Gasteiger partial charge < -0.3 is 10.2 Å². The fraction of sp³-hybridized carbons (Fsp3) is 0.533. The fourth-order valence-corrected chi connectivity index (χ4v) is 3.17. The minimum Gasteiger partial charge on any atom is -0.360 e. The first kappa shape index (κ1) is 15.3. The number of rotatable bonds is 3. The smallest absolute Gasteiger partial charge is 0.169 e. The molecular formula is C15H19Cl2N3S. The molecule has 2 fully saturated rings. The maximum atomic E-state index is 6.07. The summed E-state index contributed by atoms with van der Waals surface area (Å²) >= 11 is 17.5. The van der Waals surface area contributed by atoms with Gasteiger partial charge in [0.1, 0.15) is 0 Å². The Morgan fingerprint density at radius 2 is 1.86 bits per heavy atom. The third-order valence-electron chi connectivity index (χ3n) is 3.95. The highest BCUT2D eigenvalue weighted by Gasteiger charge is 2.25. The molecule has 1 aromatic carbocycles. The lowest BCUT2D eigenvalue weighted by molar-refractivity contribution is 0.174. The molecule has 0 unspecified atom stereocenters. The third-order valence-corrected chi connectivity index (χ3v) is 5.07. The van der Waals surface area contributed by atoms with Crippen LogP contribution in [-0.4, -0.2) is 47.1 Å². The van der Waals surface area contributed by atoms with E-state index in [0.29, 0.717) is 16.1 Å². The number of piperazine rings is 1. The van der Waals surface area contributed by atoms with Crippen LogP contribution in [0, 0.1) is 0 Å². The van der Waals surface area contributed by atoms with E-state index in [1.807, 2.05) is 18.2 Å². The monoisotopic (exact) mass is 343 g/mol. The Hall–Kier alpha value is -0.550. The zero-order chi connectivity index (χ0) is 14.8. The molecule has 0 aromatic heterocycles. The number of hydrogen-bond acceptors (Lipinski definition) is 2. The second kappa shape index (κ2) is 6.69. The van der Waals surface area contributed by atoms with Crippen LogP contribution in [0.5, 0.6) is 0 Å². The molecule has 0 amide bonds. The van der Waals surface area contributed by atoms with E-state index in [2.05, 4.69) is 15.1 Å². The van der Waals surface area contributed by atoms with Crippen molar-refractivity contribution >= 4 is 40.5 Å². The second-order valence-electron chi connectivity index (χ2n) is 5.74. The van der Waals surface area contributed by atoms with Crippen molar-refractivity contribution in [2.24, 2.45) is 0 Å². The van der Waals surface area contributed by atoms with Gasteiger partial charge in [-0.15, -0.1) is 0 Å². The maximum Gasteiger partial charge on any atom is 0.169 e. The zero-order valence-electron chi connectivity index (χ0n) is 11.8. The van der Waals surface area contributed by atoms with E-state index in [1.165, 1.54) is 18.4 Å².